The second kappa shape index (κ2) is 5.31. The molecule has 0 fully saturated rings. The van der Waals surface area contributed by atoms with Crippen molar-refractivity contribution >= 4 is 0 Å². The van der Waals surface area contributed by atoms with Crippen molar-refractivity contribution in [2.75, 3.05) is 13.1 Å². The van der Waals surface area contributed by atoms with Gasteiger partial charge in [0.25, 0.3) is 0 Å². The Hall–Kier alpha value is -1.02. The third-order valence-electron chi connectivity index (χ3n) is 3.85. The van der Waals surface area contributed by atoms with Crippen molar-refractivity contribution in [1.82, 2.24) is 5.32 Å². The summed E-state index contributed by atoms with van der Waals surface area (Å²) < 4.78 is 5.76. The van der Waals surface area contributed by atoms with Crippen LogP contribution in [0.15, 0.2) is 18.2 Å². The van der Waals surface area contributed by atoms with Crippen molar-refractivity contribution in [3.05, 3.63) is 29.3 Å². The molecule has 0 aliphatic carbocycles. The molecule has 100 valence electrons. The molecule has 1 unspecified atom stereocenters. The van der Waals surface area contributed by atoms with Gasteiger partial charge in [-0.15, -0.1) is 0 Å². The van der Waals surface area contributed by atoms with Crippen LogP contribution < -0.4 is 10.1 Å². The predicted octanol–water partition coefficient (Wildman–Crippen LogP) is 3.29. The van der Waals surface area contributed by atoms with Gasteiger partial charge in [-0.05, 0) is 49.0 Å². The first-order valence-electron chi connectivity index (χ1n) is 7.03. The Balaban J connectivity index is 2.11. The third kappa shape index (κ3) is 2.86. The maximum atomic E-state index is 5.76. The van der Waals surface area contributed by atoms with E-state index >= 15 is 0 Å². The first kappa shape index (κ1) is 13.4. The first-order valence-corrected chi connectivity index (χ1v) is 7.03. The van der Waals surface area contributed by atoms with Crippen molar-refractivity contribution in [3.63, 3.8) is 0 Å². The maximum absolute atomic E-state index is 5.76. The summed E-state index contributed by atoms with van der Waals surface area (Å²) in [7, 11) is 0. The molecule has 0 saturated carbocycles. The Bertz CT molecular complexity index is 412. The van der Waals surface area contributed by atoms with Crippen LogP contribution in [0, 0.1) is 0 Å². The van der Waals surface area contributed by atoms with Crippen molar-refractivity contribution in [1.29, 1.82) is 0 Å². The van der Waals surface area contributed by atoms with E-state index in [0.29, 0.717) is 6.10 Å². The van der Waals surface area contributed by atoms with E-state index < -0.39 is 0 Å². The molecule has 0 radical (unpaired) electrons. The zero-order valence-corrected chi connectivity index (χ0v) is 12.0. The zero-order valence-electron chi connectivity index (χ0n) is 12.0. The molecule has 0 amide bonds. The summed E-state index contributed by atoms with van der Waals surface area (Å²) in [4.78, 5) is 0. The van der Waals surface area contributed by atoms with Crippen LogP contribution in [0.25, 0.3) is 0 Å². The minimum atomic E-state index is 0.225. The van der Waals surface area contributed by atoms with Gasteiger partial charge in [-0.2, -0.15) is 0 Å². The fourth-order valence-electron chi connectivity index (χ4n) is 2.57. The molecule has 1 N–H and O–H groups in total. The minimum absolute atomic E-state index is 0.225. The van der Waals surface area contributed by atoms with Crippen LogP contribution in [0.2, 0.25) is 0 Å². The van der Waals surface area contributed by atoms with Gasteiger partial charge in [-0.25, -0.2) is 0 Å². The lowest BCUT2D eigenvalue weighted by Gasteiger charge is -2.26. The number of hydrogen-bond acceptors (Lipinski definition) is 2. The Labute approximate surface area is 111 Å². The van der Waals surface area contributed by atoms with Crippen LogP contribution in [0.1, 0.15) is 45.2 Å². The lowest BCUT2D eigenvalue weighted by molar-refractivity contribution is 0.254. The summed E-state index contributed by atoms with van der Waals surface area (Å²) >= 11 is 0. The SMILES string of the molecule is CCNCCC(C)(C)c1ccc2c(c1)CC(C)O2. The molecule has 1 aromatic carbocycles. The Morgan fingerprint density at radius 1 is 1.39 bits per heavy atom. The Morgan fingerprint density at radius 2 is 2.17 bits per heavy atom. The van der Waals surface area contributed by atoms with Crippen molar-refractivity contribution < 1.29 is 4.74 Å². The predicted molar refractivity (Wildman–Crippen MR) is 76.4 cm³/mol. The van der Waals surface area contributed by atoms with Crippen LogP contribution in [-0.4, -0.2) is 19.2 Å². The van der Waals surface area contributed by atoms with Crippen LogP contribution in [0.5, 0.6) is 5.75 Å². The van der Waals surface area contributed by atoms with Crippen LogP contribution in [0.3, 0.4) is 0 Å². The largest absolute Gasteiger partial charge is 0.490 e. The highest BCUT2D eigenvalue weighted by atomic mass is 16.5. The quantitative estimate of drug-likeness (QED) is 0.806. The Morgan fingerprint density at radius 3 is 2.89 bits per heavy atom. The molecule has 0 aromatic heterocycles. The highest BCUT2D eigenvalue weighted by Gasteiger charge is 2.24. The molecule has 1 atom stereocenters. The number of ether oxygens (including phenoxy) is 1. The number of benzene rings is 1. The molecule has 18 heavy (non-hydrogen) atoms. The van der Waals surface area contributed by atoms with E-state index in [1.54, 1.807) is 0 Å². The standard InChI is InChI=1S/C16H25NO/c1-5-17-9-8-16(3,4)14-6-7-15-13(11-14)10-12(2)18-15/h6-7,11-12,17H,5,8-10H2,1-4H3. The lowest BCUT2D eigenvalue weighted by atomic mass is 9.80. The summed E-state index contributed by atoms with van der Waals surface area (Å²) in [5.74, 6) is 1.08. The van der Waals surface area contributed by atoms with Crippen molar-refractivity contribution in [3.8, 4) is 5.75 Å². The van der Waals surface area contributed by atoms with Crippen molar-refractivity contribution in [2.45, 2.75) is 52.1 Å². The average Bonchev–Trinajstić information content (AvgIpc) is 2.68. The third-order valence-corrected chi connectivity index (χ3v) is 3.85. The van der Waals surface area contributed by atoms with Crippen LogP contribution in [0.4, 0.5) is 0 Å². The zero-order chi connectivity index (χ0) is 13.2. The number of nitrogens with one attached hydrogen (secondary N) is 1. The van der Waals surface area contributed by atoms with Gasteiger partial charge in [0, 0.05) is 6.42 Å². The van der Waals surface area contributed by atoms with Gasteiger partial charge in [-0.1, -0.05) is 32.9 Å². The smallest absolute Gasteiger partial charge is 0.123 e. The second-order valence-corrected chi connectivity index (χ2v) is 5.94. The molecule has 1 aliphatic rings. The summed E-state index contributed by atoms with van der Waals surface area (Å²) in [5, 5.41) is 3.41. The molecule has 2 nitrogen and oxygen atoms in total. The second-order valence-electron chi connectivity index (χ2n) is 5.94. The van der Waals surface area contributed by atoms with Gasteiger partial charge in [0.1, 0.15) is 11.9 Å². The Kier molecular flexibility index (Phi) is 3.96. The van der Waals surface area contributed by atoms with Crippen LogP contribution >= 0.6 is 0 Å². The first-order chi connectivity index (χ1) is 8.53. The minimum Gasteiger partial charge on any atom is -0.490 e. The van der Waals surface area contributed by atoms with Gasteiger partial charge in [0.2, 0.25) is 0 Å². The fourth-order valence-corrected chi connectivity index (χ4v) is 2.57. The molecule has 2 heteroatoms. The number of hydrogen-bond donors (Lipinski definition) is 1. The topological polar surface area (TPSA) is 21.3 Å². The molecular weight excluding hydrogens is 222 g/mol. The molecule has 1 aliphatic heterocycles. The van der Waals surface area contributed by atoms with E-state index in [-0.39, 0.29) is 5.41 Å². The highest BCUT2D eigenvalue weighted by molar-refractivity contribution is 5.42. The number of fused-ring (bicyclic) bond motifs is 1. The van der Waals surface area contributed by atoms with Gasteiger partial charge in [0.05, 0.1) is 0 Å². The summed E-state index contributed by atoms with van der Waals surface area (Å²) in [6.45, 7) is 11.1. The molecule has 0 saturated heterocycles. The van der Waals surface area contributed by atoms with E-state index in [9.17, 15) is 0 Å². The van der Waals surface area contributed by atoms with E-state index in [2.05, 4.69) is 51.2 Å². The van der Waals surface area contributed by atoms with E-state index in [4.69, 9.17) is 4.74 Å². The summed E-state index contributed by atoms with van der Waals surface area (Å²) in [6, 6.07) is 6.71. The molecular formula is C16H25NO. The molecule has 0 spiro atoms. The van der Waals surface area contributed by atoms with Crippen LogP contribution in [-0.2, 0) is 11.8 Å². The van der Waals surface area contributed by atoms with Crippen molar-refractivity contribution in [2.24, 2.45) is 0 Å². The monoisotopic (exact) mass is 247 g/mol. The molecule has 1 heterocycles. The lowest BCUT2D eigenvalue weighted by Crippen LogP contribution is -2.25. The van der Waals surface area contributed by atoms with Gasteiger partial charge >= 0.3 is 0 Å². The summed E-state index contributed by atoms with van der Waals surface area (Å²) in [6.07, 6.45) is 2.54. The molecule has 2 rings (SSSR count). The fraction of sp³-hybridized carbons (Fsp3) is 0.625. The maximum Gasteiger partial charge on any atom is 0.123 e. The highest BCUT2D eigenvalue weighted by Crippen LogP contribution is 2.34. The average molecular weight is 247 g/mol. The van der Waals surface area contributed by atoms with E-state index in [1.165, 1.54) is 11.1 Å². The van der Waals surface area contributed by atoms with Gasteiger partial charge in [-0.3, -0.25) is 0 Å². The number of rotatable bonds is 5. The normalized spacial score (nSPS) is 18.6. The summed E-state index contributed by atoms with van der Waals surface area (Å²) in [5.41, 5.74) is 3.02. The molecule has 0 bridgehead atoms. The van der Waals surface area contributed by atoms with Gasteiger partial charge in [0.15, 0.2) is 0 Å². The van der Waals surface area contributed by atoms with E-state index in [0.717, 1.165) is 31.7 Å². The van der Waals surface area contributed by atoms with E-state index in [1.807, 2.05) is 0 Å². The molecule has 1 aromatic rings. The van der Waals surface area contributed by atoms with Gasteiger partial charge < -0.3 is 10.1 Å².